The Labute approximate surface area is 109 Å². The van der Waals surface area contributed by atoms with Crippen molar-refractivity contribution >= 4 is 16.9 Å². The predicted molar refractivity (Wildman–Crippen MR) is 70.2 cm³/mol. The fourth-order valence-corrected chi connectivity index (χ4v) is 2.87. The van der Waals surface area contributed by atoms with Crippen molar-refractivity contribution in [2.45, 2.75) is 24.7 Å². The summed E-state index contributed by atoms with van der Waals surface area (Å²) in [5.74, 6) is 0.309. The van der Waals surface area contributed by atoms with Gasteiger partial charge in [0.15, 0.2) is 0 Å². The van der Waals surface area contributed by atoms with Crippen molar-refractivity contribution in [2.75, 3.05) is 12.3 Å². The highest BCUT2D eigenvalue weighted by molar-refractivity contribution is 5.86. The zero-order chi connectivity index (χ0) is 13.6. The normalized spacial score (nSPS) is 31.1. The second-order valence-corrected chi connectivity index (χ2v) is 5.00. The summed E-state index contributed by atoms with van der Waals surface area (Å²) < 4.78 is 1.84. The van der Waals surface area contributed by atoms with Gasteiger partial charge < -0.3 is 26.2 Å². The molecular formula is C12H17N5O2. The molecule has 2 aromatic heterocycles. The first-order chi connectivity index (χ1) is 9.13. The van der Waals surface area contributed by atoms with Gasteiger partial charge in [-0.25, -0.2) is 9.97 Å². The van der Waals surface area contributed by atoms with Crippen molar-refractivity contribution in [3.63, 3.8) is 0 Å². The molecule has 6 N–H and O–H groups in total. The summed E-state index contributed by atoms with van der Waals surface area (Å²) in [6, 6.07) is 1.58. The first-order valence-electron chi connectivity index (χ1n) is 6.26. The molecule has 0 bridgehead atoms. The fourth-order valence-electron chi connectivity index (χ4n) is 2.87. The molecular weight excluding hydrogens is 246 g/mol. The topological polar surface area (TPSA) is 123 Å². The number of aliphatic hydroxyl groups excluding tert-OH is 2. The molecule has 0 radical (unpaired) electrons. The van der Waals surface area contributed by atoms with Gasteiger partial charge in [0, 0.05) is 12.1 Å². The van der Waals surface area contributed by atoms with E-state index in [2.05, 4.69) is 9.97 Å². The highest BCUT2D eigenvalue weighted by Gasteiger charge is 2.42. The molecule has 3 rings (SSSR count). The molecule has 2 heterocycles. The van der Waals surface area contributed by atoms with Crippen LogP contribution < -0.4 is 11.5 Å². The number of nitrogens with two attached hydrogens (primary N) is 2. The van der Waals surface area contributed by atoms with E-state index >= 15 is 0 Å². The average Bonchev–Trinajstić information content (AvgIpc) is 2.94. The molecule has 7 nitrogen and oxygen atoms in total. The number of aliphatic hydroxyl groups is 2. The Hall–Kier alpha value is -1.70. The second-order valence-electron chi connectivity index (χ2n) is 5.00. The minimum absolute atomic E-state index is 0.100. The number of nitrogens with zero attached hydrogens (tertiary/aromatic N) is 3. The van der Waals surface area contributed by atoms with Gasteiger partial charge >= 0.3 is 0 Å². The first-order valence-corrected chi connectivity index (χ1v) is 6.26. The third kappa shape index (κ3) is 1.78. The maximum absolute atomic E-state index is 10.2. The molecule has 4 unspecified atom stereocenters. The number of hydrogen-bond donors (Lipinski definition) is 4. The summed E-state index contributed by atoms with van der Waals surface area (Å²) in [5.41, 5.74) is 12.1. The van der Waals surface area contributed by atoms with Gasteiger partial charge in [0.2, 0.25) is 0 Å². The van der Waals surface area contributed by atoms with E-state index in [4.69, 9.17) is 11.5 Å². The number of anilines is 1. The number of hydrogen-bond acceptors (Lipinski definition) is 6. The van der Waals surface area contributed by atoms with Crippen LogP contribution in [-0.4, -0.2) is 43.5 Å². The van der Waals surface area contributed by atoms with Crippen LogP contribution in [0, 0.1) is 5.92 Å². The molecule has 2 aromatic rings. The van der Waals surface area contributed by atoms with E-state index in [0.717, 1.165) is 5.39 Å². The van der Waals surface area contributed by atoms with E-state index in [-0.39, 0.29) is 12.0 Å². The van der Waals surface area contributed by atoms with Crippen LogP contribution in [0.3, 0.4) is 0 Å². The van der Waals surface area contributed by atoms with Crippen LogP contribution in [0.25, 0.3) is 11.0 Å². The van der Waals surface area contributed by atoms with E-state index in [1.54, 1.807) is 0 Å². The molecule has 19 heavy (non-hydrogen) atoms. The Bertz CT molecular complexity index is 599. The van der Waals surface area contributed by atoms with Crippen molar-refractivity contribution in [3.05, 3.63) is 18.6 Å². The third-order valence-electron chi connectivity index (χ3n) is 3.97. The molecule has 1 aliphatic rings. The van der Waals surface area contributed by atoms with Gasteiger partial charge in [-0.2, -0.15) is 0 Å². The highest BCUT2D eigenvalue weighted by atomic mass is 16.3. The summed E-state index contributed by atoms with van der Waals surface area (Å²) >= 11 is 0. The molecule has 4 atom stereocenters. The summed E-state index contributed by atoms with van der Waals surface area (Å²) in [6.45, 7) is 0.352. The Balaban J connectivity index is 2.04. The lowest BCUT2D eigenvalue weighted by Gasteiger charge is -2.18. The maximum atomic E-state index is 10.2. The summed E-state index contributed by atoms with van der Waals surface area (Å²) in [4.78, 5) is 8.14. The molecule has 0 aromatic carbocycles. The largest absolute Gasteiger partial charge is 0.390 e. The monoisotopic (exact) mass is 263 g/mol. The van der Waals surface area contributed by atoms with Gasteiger partial charge in [-0.15, -0.1) is 0 Å². The Morgan fingerprint density at radius 2 is 2.11 bits per heavy atom. The number of fused-ring (bicyclic) bond motifs is 1. The van der Waals surface area contributed by atoms with Crippen LogP contribution >= 0.6 is 0 Å². The van der Waals surface area contributed by atoms with Crippen LogP contribution in [0.1, 0.15) is 12.5 Å². The molecule has 0 aliphatic heterocycles. The third-order valence-corrected chi connectivity index (χ3v) is 3.97. The average molecular weight is 263 g/mol. The molecule has 1 saturated carbocycles. The van der Waals surface area contributed by atoms with Crippen LogP contribution in [0.5, 0.6) is 0 Å². The quantitative estimate of drug-likeness (QED) is 0.565. The first kappa shape index (κ1) is 12.3. The number of aromatic nitrogens is 3. The van der Waals surface area contributed by atoms with Gasteiger partial charge in [-0.05, 0) is 19.0 Å². The predicted octanol–water partition coefficient (Wildman–Crippen LogP) is -0.745. The van der Waals surface area contributed by atoms with Gasteiger partial charge in [0.1, 0.15) is 23.9 Å². The van der Waals surface area contributed by atoms with Crippen LogP contribution in [0.4, 0.5) is 5.82 Å². The Morgan fingerprint density at radius 3 is 2.79 bits per heavy atom. The van der Waals surface area contributed by atoms with Gasteiger partial charge in [-0.3, -0.25) is 0 Å². The van der Waals surface area contributed by atoms with Gasteiger partial charge in [-0.1, -0.05) is 0 Å². The van der Waals surface area contributed by atoms with Gasteiger partial charge in [0.25, 0.3) is 0 Å². The molecule has 7 heteroatoms. The minimum Gasteiger partial charge on any atom is -0.390 e. The maximum Gasteiger partial charge on any atom is 0.145 e. The van der Waals surface area contributed by atoms with Crippen molar-refractivity contribution in [2.24, 2.45) is 11.7 Å². The summed E-state index contributed by atoms with van der Waals surface area (Å²) in [5, 5.41) is 20.9. The van der Waals surface area contributed by atoms with E-state index < -0.39 is 12.2 Å². The highest BCUT2D eigenvalue weighted by Crippen LogP contribution is 2.37. The standard InChI is InChI=1S/C12H17N5O2/c13-4-6-3-8(10(19)9(6)18)17-2-1-7-11(14)15-5-16-12(7)17/h1-2,5-6,8-10,18-19H,3-4,13H2,(H2,14,15,16). The molecule has 1 aliphatic carbocycles. The molecule has 0 amide bonds. The second kappa shape index (κ2) is 4.44. The van der Waals surface area contributed by atoms with Crippen LogP contribution in [0.2, 0.25) is 0 Å². The fraction of sp³-hybridized carbons (Fsp3) is 0.500. The zero-order valence-corrected chi connectivity index (χ0v) is 10.3. The van der Waals surface area contributed by atoms with Gasteiger partial charge in [0.05, 0.1) is 17.5 Å². The molecule has 1 fully saturated rings. The number of nitrogen functional groups attached to an aromatic ring is 1. The van der Waals surface area contributed by atoms with Crippen molar-refractivity contribution in [1.82, 2.24) is 14.5 Å². The summed E-state index contributed by atoms with van der Waals surface area (Å²) in [7, 11) is 0. The zero-order valence-electron chi connectivity index (χ0n) is 10.3. The van der Waals surface area contributed by atoms with Crippen molar-refractivity contribution in [1.29, 1.82) is 0 Å². The molecule has 0 spiro atoms. The lowest BCUT2D eigenvalue weighted by molar-refractivity contribution is 0.00822. The van der Waals surface area contributed by atoms with E-state index in [1.807, 2.05) is 16.8 Å². The lowest BCUT2D eigenvalue weighted by Crippen LogP contribution is -2.31. The summed E-state index contributed by atoms with van der Waals surface area (Å²) in [6.07, 6.45) is 2.18. The molecule has 102 valence electrons. The SMILES string of the molecule is NCC1CC(n2ccc3c(N)ncnc32)C(O)C1O. The van der Waals surface area contributed by atoms with E-state index in [9.17, 15) is 10.2 Å². The Morgan fingerprint density at radius 1 is 1.32 bits per heavy atom. The smallest absolute Gasteiger partial charge is 0.145 e. The van der Waals surface area contributed by atoms with Crippen molar-refractivity contribution in [3.8, 4) is 0 Å². The molecule has 0 saturated heterocycles. The Kier molecular flexibility index (Phi) is 2.89. The van der Waals surface area contributed by atoms with Crippen LogP contribution in [0.15, 0.2) is 18.6 Å². The number of rotatable bonds is 2. The minimum atomic E-state index is -0.847. The van der Waals surface area contributed by atoms with E-state index in [0.29, 0.717) is 24.4 Å². The lowest BCUT2D eigenvalue weighted by atomic mass is 10.1. The van der Waals surface area contributed by atoms with Crippen molar-refractivity contribution < 1.29 is 10.2 Å². The van der Waals surface area contributed by atoms with Crippen LogP contribution in [-0.2, 0) is 0 Å². The van der Waals surface area contributed by atoms with E-state index in [1.165, 1.54) is 6.33 Å².